The number of nitrogens with zero attached hydrogens (tertiary/aromatic N) is 2. The van der Waals surface area contributed by atoms with Crippen LogP contribution >= 0.6 is 0 Å². The standard InChI is InChI=1S/C20H28N4O8S/c1-3-7-24(32-8-6-22-20(26)31-10-9-30-2)19(25)15-11-14-4-5-16(33(27,28)29)13-17(14)23-18(21)12-15/h4-5,11,13H,3,6-10,12H2,1-2H3,(H2,21,23)(H,22,26)(H,27,28,29). The van der Waals surface area contributed by atoms with Gasteiger partial charge in [0.05, 0.1) is 23.8 Å². The van der Waals surface area contributed by atoms with Crippen LogP contribution in [0.2, 0.25) is 0 Å². The van der Waals surface area contributed by atoms with Gasteiger partial charge >= 0.3 is 6.09 Å². The first-order valence-electron chi connectivity index (χ1n) is 10.1. The molecule has 0 atom stereocenters. The van der Waals surface area contributed by atoms with E-state index in [2.05, 4.69) is 10.3 Å². The summed E-state index contributed by atoms with van der Waals surface area (Å²) in [6, 6.07) is 3.82. The molecule has 0 unspecified atom stereocenters. The Morgan fingerprint density at radius 1 is 1.27 bits per heavy atom. The van der Waals surface area contributed by atoms with Crippen molar-refractivity contribution in [2.45, 2.75) is 24.7 Å². The van der Waals surface area contributed by atoms with Crippen molar-refractivity contribution in [2.75, 3.05) is 40.0 Å². The molecule has 0 fully saturated rings. The molecule has 1 aliphatic heterocycles. The minimum Gasteiger partial charge on any atom is -0.447 e. The summed E-state index contributed by atoms with van der Waals surface area (Å²) in [7, 11) is -2.92. The quantitative estimate of drug-likeness (QED) is 0.238. The van der Waals surface area contributed by atoms with Crippen molar-refractivity contribution in [3.63, 3.8) is 0 Å². The van der Waals surface area contributed by atoms with Gasteiger partial charge in [-0.25, -0.2) is 14.9 Å². The fourth-order valence-electron chi connectivity index (χ4n) is 2.83. The van der Waals surface area contributed by atoms with Crippen LogP contribution in [-0.2, 0) is 29.2 Å². The summed E-state index contributed by atoms with van der Waals surface area (Å²) in [5, 5.41) is 3.68. The number of alkyl carbamates (subject to hydrolysis) is 1. The van der Waals surface area contributed by atoms with Gasteiger partial charge in [-0.3, -0.25) is 14.2 Å². The highest BCUT2D eigenvalue weighted by atomic mass is 32.2. The third-order valence-corrected chi connectivity index (χ3v) is 5.18. The number of amides is 2. The van der Waals surface area contributed by atoms with E-state index in [1.165, 1.54) is 30.4 Å². The van der Waals surface area contributed by atoms with Crippen LogP contribution in [0.5, 0.6) is 0 Å². The molecule has 0 radical (unpaired) electrons. The maximum atomic E-state index is 13.1. The van der Waals surface area contributed by atoms with Crippen molar-refractivity contribution < 1.29 is 36.9 Å². The van der Waals surface area contributed by atoms with Gasteiger partial charge in [0, 0.05) is 37.8 Å². The molecule has 1 heterocycles. The predicted molar refractivity (Wildman–Crippen MR) is 119 cm³/mol. The molecule has 0 aliphatic carbocycles. The number of hydroxylamine groups is 2. The molecule has 0 bridgehead atoms. The van der Waals surface area contributed by atoms with Gasteiger partial charge in [-0.2, -0.15) is 8.42 Å². The van der Waals surface area contributed by atoms with Crippen molar-refractivity contribution in [3.05, 3.63) is 29.3 Å². The molecule has 12 nitrogen and oxygen atoms in total. The second-order valence-electron chi connectivity index (χ2n) is 6.94. The molecule has 182 valence electrons. The Balaban J connectivity index is 2.08. The predicted octanol–water partition coefficient (Wildman–Crippen LogP) is 1.25. The molecule has 33 heavy (non-hydrogen) atoms. The Bertz CT molecular complexity index is 1020. The third-order valence-electron chi connectivity index (χ3n) is 4.33. The summed E-state index contributed by atoms with van der Waals surface area (Å²) < 4.78 is 41.7. The van der Waals surface area contributed by atoms with Gasteiger partial charge in [-0.1, -0.05) is 13.0 Å². The first-order valence-corrected chi connectivity index (χ1v) is 11.6. The SMILES string of the molecule is CCCN(OCCNC(=O)OCCOC)C(=O)C1=Cc2ccc(S(=O)(=O)O)cc2N=C(N)C1. The van der Waals surface area contributed by atoms with Crippen molar-refractivity contribution >= 4 is 39.7 Å². The van der Waals surface area contributed by atoms with Crippen LogP contribution in [0.1, 0.15) is 25.3 Å². The molecule has 0 saturated carbocycles. The van der Waals surface area contributed by atoms with E-state index >= 15 is 0 Å². The van der Waals surface area contributed by atoms with E-state index in [9.17, 15) is 22.6 Å². The Labute approximate surface area is 192 Å². The van der Waals surface area contributed by atoms with Crippen LogP contribution in [0.3, 0.4) is 0 Å². The van der Waals surface area contributed by atoms with Crippen LogP contribution in [0, 0.1) is 0 Å². The summed E-state index contributed by atoms with van der Waals surface area (Å²) in [5.74, 6) is -0.345. The minimum atomic E-state index is -4.41. The van der Waals surface area contributed by atoms with E-state index in [1.54, 1.807) is 6.08 Å². The smallest absolute Gasteiger partial charge is 0.407 e. The Morgan fingerprint density at radius 3 is 2.70 bits per heavy atom. The number of hydrogen-bond acceptors (Lipinski definition) is 9. The maximum Gasteiger partial charge on any atom is 0.407 e. The van der Waals surface area contributed by atoms with Crippen molar-refractivity contribution in [3.8, 4) is 0 Å². The summed E-state index contributed by atoms with van der Waals surface area (Å²) in [6.45, 7) is 2.70. The van der Waals surface area contributed by atoms with Crippen LogP contribution in [-0.4, -0.2) is 75.9 Å². The average molecular weight is 485 g/mol. The number of methoxy groups -OCH3 is 1. The molecule has 13 heteroatoms. The Hall–Kier alpha value is -3.00. The van der Waals surface area contributed by atoms with Crippen molar-refractivity contribution in [1.82, 2.24) is 10.4 Å². The number of amidine groups is 1. The van der Waals surface area contributed by atoms with Crippen molar-refractivity contribution in [1.29, 1.82) is 0 Å². The minimum absolute atomic E-state index is 0.0162. The van der Waals surface area contributed by atoms with Gasteiger partial charge in [-0.15, -0.1) is 0 Å². The molecular formula is C20H28N4O8S. The maximum absolute atomic E-state index is 13.1. The van der Waals surface area contributed by atoms with E-state index in [1.807, 2.05) is 6.92 Å². The molecule has 1 aromatic rings. The van der Waals surface area contributed by atoms with E-state index in [0.717, 1.165) is 0 Å². The number of carbonyl (C=O) groups excluding carboxylic acids is 2. The molecule has 0 saturated heterocycles. The highest BCUT2D eigenvalue weighted by molar-refractivity contribution is 7.85. The molecule has 1 aliphatic rings. The number of nitrogens with two attached hydrogens (primary N) is 1. The molecule has 2 amide bonds. The zero-order valence-corrected chi connectivity index (χ0v) is 19.3. The fourth-order valence-corrected chi connectivity index (χ4v) is 3.33. The molecular weight excluding hydrogens is 456 g/mol. The van der Waals surface area contributed by atoms with Gasteiger partial charge in [0.2, 0.25) is 0 Å². The number of benzene rings is 1. The summed E-state index contributed by atoms with van der Waals surface area (Å²) in [5.41, 5.74) is 6.89. The number of fused-ring (bicyclic) bond motifs is 1. The molecule has 4 N–H and O–H groups in total. The highest BCUT2D eigenvalue weighted by Gasteiger charge is 2.23. The van der Waals surface area contributed by atoms with Gasteiger partial charge < -0.3 is 20.5 Å². The lowest BCUT2D eigenvalue weighted by Gasteiger charge is -2.22. The van der Waals surface area contributed by atoms with E-state index in [-0.39, 0.29) is 54.8 Å². The first-order chi connectivity index (χ1) is 15.7. The number of nitrogens with one attached hydrogen (secondary N) is 1. The average Bonchev–Trinajstić information content (AvgIpc) is 2.92. The summed E-state index contributed by atoms with van der Waals surface area (Å²) in [4.78, 5) is 34.0. The van der Waals surface area contributed by atoms with E-state index in [4.69, 9.17) is 20.0 Å². The van der Waals surface area contributed by atoms with E-state index in [0.29, 0.717) is 18.5 Å². The Kier molecular flexibility index (Phi) is 9.78. The van der Waals surface area contributed by atoms with Crippen LogP contribution in [0.25, 0.3) is 6.08 Å². The first kappa shape index (κ1) is 26.3. The second kappa shape index (κ2) is 12.3. The molecule has 0 spiro atoms. The van der Waals surface area contributed by atoms with Gasteiger partial charge in [0.1, 0.15) is 12.4 Å². The second-order valence-corrected chi connectivity index (χ2v) is 8.36. The normalized spacial score (nSPS) is 13.3. The summed E-state index contributed by atoms with van der Waals surface area (Å²) >= 11 is 0. The topological polar surface area (TPSA) is 170 Å². The van der Waals surface area contributed by atoms with E-state index < -0.39 is 22.1 Å². The Morgan fingerprint density at radius 2 is 2.03 bits per heavy atom. The fraction of sp³-hybridized carbons (Fsp3) is 0.450. The van der Waals surface area contributed by atoms with Crippen LogP contribution < -0.4 is 11.1 Å². The zero-order valence-electron chi connectivity index (χ0n) is 18.4. The number of aliphatic imine (C=N–C) groups is 1. The molecule has 2 rings (SSSR count). The summed E-state index contributed by atoms with van der Waals surface area (Å²) in [6.07, 6.45) is 1.55. The number of rotatable bonds is 11. The van der Waals surface area contributed by atoms with Gasteiger partial charge in [-0.05, 0) is 24.6 Å². The van der Waals surface area contributed by atoms with Crippen LogP contribution in [0.15, 0.2) is 33.7 Å². The van der Waals surface area contributed by atoms with Gasteiger partial charge in [0.25, 0.3) is 16.0 Å². The number of carbonyl (C=O) groups is 2. The number of hydrogen-bond donors (Lipinski definition) is 3. The molecule has 1 aromatic carbocycles. The lowest BCUT2D eigenvalue weighted by Crippen LogP contribution is -2.37. The van der Waals surface area contributed by atoms with Crippen molar-refractivity contribution in [2.24, 2.45) is 10.7 Å². The molecule has 0 aromatic heterocycles. The van der Waals surface area contributed by atoms with Crippen LogP contribution in [0.4, 0.5) is 10.5 Å². The monoisotopic (exact) mass is 484 g/mol. The largest absolute Gasteiger partial charge is 0.447 e. The lowest BCUT2D eigenvalue weighted by molar-refractivity contribution is -0.181. The lowest BCUT2D eigenvalue weighted by atomic mass is 10.1. The number of ether oxygens (including phenoxy) is 2. The highest BCUT2D eigenvalue weighted by Crippen LogP contribution is 2.29. The third kappa shape index (κ3) is 8.13. The zero-order chi connectivity index (χ0) is 24.4. The van der Waals surface area contributed by atoms with Gasteiger partial charge in [0.15, 0.2) is 0 Å².